The van der Waals surface area contributed by atoms with Gasteiger partial charge in [-0.1, -0.05) is 54.6 Å². The molecule has 3 aliphatic heterocycles. The summed E-state index contributed by atoms with van der Waals surface area (Å²) in [5.74, 6) is -1.09. The first-order chi connectivity index (χ1) is 21.4. The molecule has 4 unspecified atom stereocenters. The molecule has 3 aromatic rings. The number of halogens is 1. The van der Waals surface area contributed by atoms with Gasteiger partial charge in [-0.05, 0) is 67.3 Å². The van der Waals surface area contributed by atoms with E-state index in [1.54, 1.807) is 4.90 Å². The predicted molar refractivity (Wildman–Crippen MR) is 164 cm³/mol. The highest BCUT2D eigenvalue weighted by atomic mass is 19.1. The first-order valence-corrected chi connectivity index (χ1v) is 14.9. The highest BCUT2D eigenvalue weighted by Gasteiger charge is 2.57. The molecule has 3 aromatic carbocycles. The number of methoxy groups -OCH3 is 1. The van der Waals surface area contributed by atoms with Crippen molar-refractivity contribution in [2.45, 2.75) is 49.3 Å². The highest BCUT2D eigenvalue weighted by Crippen LogP contribution is 2.48. The SMILES string of the molecule is COC(=O)C1=C(C(O)NC2CCN(C(=O)c3ccc(F)cc3)CC2)C2C=CC1(C(Cc1ccccc1)Nc1ccccc1)O2. The van der Waals surface area contributed by atoms with Crippen LogP contribution in [0.25, 0.3) is 0 Å². The molecule has 3 N–H and O–H groups in total. The molecule has 1 fully saturated rings. The summed E-state index contributed by atoms with van der Waals surface area (Å²) in [4.78, 5) is 28.1. The van der Waals surface area contributed by atoms with E-state index < -0.39 is 29.9 Å². The summed E-state index contributed by atoms with van der Waals surface area (Å²) in [6.07, 6.45) is 3.77. The van der Waals surface area contributed by atoms with Crippen molar-refractivity contribution in [2.24, 2.45) is 0 Å². The maximum Gasteiger partial charge on any atom is 0.337 e. The van der Waals surface area contributed by atoms with E-state index in [-0.39, 0.29) is 17.8 Å². The van der Waals surface area contributed by atoms with E-state index in [9.17, 15) is 19.1 Å². The van der Waals surface area contributed by atoms with Crippen molar-refractivity contribution in [3.63, 3.8) is 0 Å². The molecule has 0 aliphatic carbocycles. The minimum absolute atomic E-state index is 0.102. The number of aliphatic hydroxyl groups excluding tert-OH is 1. The Morgan fingerprint density at radius 1 is 1.02 bits per heavy atom. The number of piperidine rings is 1. The van der Waals surface area contributed by atoms with Crippen LogP contribution < -0.4 is 10.6 Å². The molecule has 3 heterocycles. The largest absolute Gasteiger partial charge is 0.466 e. The minimum Gasteiger partial charge on any atom is -0.466 e. The summed E-state index contributed by atoms with van der Waals surface area (Å²) in [7, 11) is 1.33. The smallest absolute Gasteiger partial charge is 0.337 e. The number of para-hydroxylation sites is 1. The Bertz CT molecular complexity index is 1500. The summed E-state index contributed by atoms with van der Waals surface area (Å²) in [5.41, 5.74) is 1.94. The quantitative estimate of drug-likeness (QED) is 0.183. The van der Waals surface area contributed by atoms with Crippen LogP contribution in [0.15, 0.2) is 108 Å². The second-order valence-electron chi connectivity index (χ2n) is 11.4. The van der Waals surface area contributed by atoms with Gasteiger partial charge in [0.15, 0.2) is 0 Å². The van der Waals surface area contributed by atoms with Gasteiger partial charge in [-0.2, -0.15) is 0 Å². The van der Waals surface area contributed by atoms with Gasteiger partial charge < -0.3 is 24.8 Å². The molecule has 9 heteroatoms. The zero-order chi connectivity index (χ0) is 30.7. The summed E-state index contributed by atoms with van der Waals surface area (Å²) in [6, 6.07) is 24.8. The van der Waals surface area contributed by atoms with E-state index in [1.807, 2.05) is 72.8 Å². The topological polar surface area (TPSA) is 100 Å². The third-order valence-electron chi connectivity index (χ3n) is 8.69. The van der Waals surface area contributed by atoms with Crippen molar-refractivity contribution in [1.82, 2.24) is 10.2 Å². The van der Waals surface area contributed by atoms with Crippen LogP contribution in [0.3, 0.4) is 0 Å². The van der Waals surface area contributed by atoms with Crippen LogP contribution in [0.2, 0.25) is 0 Å². The summed E-state index contributed by atoms with van der Waals surface area (Å²) in [6.45, 7) is 0.959. The van der Waals surface area contributed by atoms with E-state index in [4.69, 9.17) is 9.47 Å². The van der Waals surface area contributed by atoms with Crippen LogP contribution in [-0.2, 0) is 20.7 Å². The lowest BCUT2D eigenvalue weighted by molar-refractivity contribution is -0.138. The van der Waals surface area contributed by atoms with Crippen LogP contribution in [0, 0.1) is 5.82 Å². The lowest BCUT2D eigenvalue weighted by atomic mass is 9.78. The van der Waals surface area contributed by atoms with E-state index in [1.165, 1.54) is 31.4 Å². The van der Waals surface area contributed by atoms with Gasteiger partial charge in [0.25, 0.3) is 5.91 Å². The molecule has 6 rings (SSSR count). The van der Waals surface area contributed by atoms with Gasteiger partial charge >= 0.3 is 5.97 Å². The average molecular weight is 598 g/mol. The number of hydrogen-bond donors (Lipinski definition) is 3. The number of hydrogen-bond acceptors (Lipinski definition) is 7. The van der Waals surface area contributed by atoms with Gasteiger partial charge in [0.1, 0.15) is 23.8 Å². The predicted octanol–water partition coefficient (Wildman–Crippen LogP) is 4.24. The summed E-state index contributed by atoms with van der Waals surface area (Å²) >= 11 is 0. The van der Waals surface area contributed by atoms with E-state index >= 15 is 0 Å². The lowest BCUT2D eigenvalue weighted by Gasteiger charge is -2.36. The van der Waals surface area contributed by atoms with Crippen molar-refractivity contribution in [3.8, 4) is 0 Å². The molecule has 2 bridgehead atoms. The monoisotopic (exact) mass is 597 g/mol. The van der Waals surface area contributed by atoms with E-state index in [2.05, 4.69) is 10.6 Å². The number of nitrogens with zero attached hydrogens (tertiary/aromatic N) is 1. The number of anilines is 1. The first-order valence-electron chi connectivity index (χ1n) is 14.9. The number of nitrogens with one attached hydrogen (secondary N) is 2. The summed E-state index contributed by atoms with van der Waals surface area (Å²) in [5, 5.41) is 18.4. The molecule has 0 spiro atoms. The van der Waals surface area contributed by atoms with Crippen LogP contribution in [-0.4, -0.2) is 72.1 Å². The Morgan fingerprint density at radius 3 is 2.34 bits per heavy atom. The third kappa shape index (κ3) is 5.91. The molecule has 4 atom stereocenters. The molecule has 8 nitrogen and oxygen atoms in total. The number of rotatable bonds is 10. The van der Waals surface area contributed by atoms with Crippen LogP contribution in [0.1, 0.15) is 28.8 Å². The summed E-state index contributed by atoms with van der Waals surface area (Å²) < 4.78 is 25.2. The van der Waals surface area contributed by atoms with Gasteiger partial charge in [0.05, 0.1) is 18.7 Å². The zero-order valence-corrected chi connectivity index (χ0v) is 24.5. The number of carbonyl (C=O) groups excluding carboxylic acids is 2. The second-order valence-corrected chi connectivity index (χ2v) is 11.4. The number of carbonyl (C=O) groups is 2. The molecule has 44 heavy (non-hydrogen) atoms. The van der Waals surface area contributed by atoms with Crippen molar-refractivity contribution < 1.29 is 28.6 Å². The standard InChI is InChI=1S/C35H36FN3O5/c1-43-34(42)31-30(32(40)38-27-17-20-39(21-18-27)33(41)24-12-14-25(36)15-13-24)28-16-19-35(31,44-28)29(22-23-8-4-2-5-9-23)37-26-10-6-3-7-11-26/h2-16,19,27-29,32,37-38,40H,17-18,20-22H2,1H3. The number of ether oxygens (including phenoxy) is 2. The zero-order valence-electron chi connectivity index (χ0n) is 24.5. The Labute approximate surface area is 256 Å². The molecule has 0 saturated carbocycles. The Hall–Kier alpha value is -4.31. The molecular weight excluding hydrogens is 561 g/mol. The third-order valence-corrected chi connectivity index (χ3v) is 8.69. The van der Waals surface area contributed by atoms with E-state index in [0.29, 0.717) is 49.1 Å². The fraction of sp³-hybridized carbons (Fsp3) is 0.314. The van der Waals surface area contributed by atoms with Gasteiger partial charge in [0.2, 0.25) is 0 Å². The second kappa shape index (κ2) is 12.7. The van der Waals surface area contributed by atoms with Crippen molar-refractivity contribution in [3.05, 3.63) is 125 Å². The molecular formula is C35H36FN3O5. The fourth-order valence-electron chi connectivity index (χ4n) is 6.47. The number of esters is 1. The van der Waals surface area contributed by atoms with Crippen molar-refractivity contribution in [2.75, 3.05) is 25.5 Å². The maximum absolute atomic E-state index is 13.5. The Balaban J connectivity index is 1.23. The Kier molecular flexibility index (Phi) is 8.61. The first kappa shape index (κ1) is 29.7. The minimum atomic E-state index is -1.17. The van der Waals surface area contributed by atoms with Crippen LogP contribution in [0.5, 0.6) is 0 Å². The molecule has 1 saturated heterocycles. The van der Waals surface area contributed by atoms with Crippen LogP contribution >= 0.6 is 0 Å². The fourth-order valence-corrected chi connectivity index (χ4v) is 6.47. The highest BCUT2D eigenvalue weighted by molar-refractivity contribution is 5.95. The molecule has 0 aromatic heterocycles. The number of benzene rings is 3. The van der Waals surface area contributed by atoms with Gasteiger partial charge in [-0.15, -0.1) is 0 Å². The van der Waals surface area contributed by atoms with Crippen LogP contribution in [0.4, 0.5) is 10.1 Å². The number of amides is 1. The van der Waals surface area contributed by atoms with E-state index in [0.717, 1.165) is 11.3 Å². The average Bonchev–Trinajstić information content (AvgIpc) is 3.64. The molecule has 3 aliphatic rings. The van der Waals surface area contributed by atoms with Gasteiger partial charge in [-0.25, -0.2) is 9.18 Å². The molecule has 1 amide bonds. The number of aliphatic hydroxyl groups is 1. The number of fused-ring (bicyclic) bond motifs is 2. The normalized spacial score (nSPS) is 22.6. The van der Waals surface area contributed by atoms with Crippen molar-refractivity contribution in [1.29, 1.82) is 0 Å². The Morgan fingerprint density at radius 2 is 1.68 bits per heavy atom. The molecule has 228 valence electrons. The van der Waals surface area contributed by atoms with Crippen molar-refractivity contribution >= 4 is 17.6 Å². The molecule has 0 radical (unpaired) electrons. The van der Waals surface area contributed by atoms with Gasteiger partial charge in [0, 0.05) is 36.0 Å². The lowest BCUT2D eigenvalue weighted by Crippen LogP contribution is -2.51. The number of likely N-dealkylation sites (tertiary alicyclic amines) is 1. The maximum atomic E-state index is 13.5. The van der Waals surface area contributed by atoms with Gasteiger partial charge in [-0.3, -0.25) is 10.1 Å².